The van der Waals surface area contributed by atoms with E-state index in [4.69, 9.17) is 10.5 Å². The van der Waals surface area contributed by atoms with Crippen molar-refractivity contribution in [2.75, 3.05) is 7.11 Å². The van der Waals surface area contributed by atoms with Crippen LogP contribution in [0.3, 0.4) is 0 Å². The molecular weight excluding hydrogens is 230 g/mol. The normalized spacial score (nSPS) is 27.3. The van der Waals surface area contributed by atoms with Gasteiger partial charge in [0.05, 0.1) is 12.8 Å². The standard InChI is InChI=1S/C13H15N3O2/c1-18-12-9-11(7-8-13(12,14)17)16-15-10-5-3-2-4-6-10/h2-9,11,17H,14H2,1H3. The zero-order valence-corrected chi connectivity index (χ0v) is 10.0. The second kappa shape index (κ2) is 5.12. The van der Waals surface area contributed by atoms with Gasteiger partial charge in [-0.25, -0.2) is 0 Å². The maximum Gasteiger partial charge on any atom is 0.191 e. The van der Waals surface area contributed by atoms with Crippen LogP contribution in [0.1, 0.15) is 0 Å². The monoisotopic (exact) mass is 245 g/mol. The van der Waals surface area contributed by atoms with Crippen LogP contribution in [0.2, 0.25) is 0 Å². The molecule has 5 heteroatoms. The van der Waals surface area contributed by atoms with E-state index in [-0.39, 0.29) is 11.8 Å². The summed E-state index contributed by atoms with van der Waals surface area (Å²) in [5.74, 6) is 0.266. The number of rotatable bonds is 3. The Bertz CT molecular complexity index is 492. The highest BCUT2D eigenvalue weighted by atomic mass is 16.5. The molecule has 0 bridgehead atoms. The van der Waals surface area contributed by atoms with Gasteiger partial charge in [-0.15, -0.1) is 0 Å². The van der Waals surface area contributed by atoms with Crippen molar-refractivity contribution in [3.63, 3.8) is 0 Å². The number of hydrogen-bond acceptors (Lipinski definition) is 5. The minimum atomic E-state index is -1.56. The summed E-state index contributed by atoms with van der Waals surface area (Å²) >= 11 is 0. The largest absolute Gasteiger partial charge is 0.496 e. The maximum absolute atomic E-state index is 9.76. The van der Waals surface area contributed by atoms with Gasteiger partial charge in [0.15, 0.2) is 5.72 Å². The minimum Gasteiger partial charge on any atom is -0.496 e. The maximum atomic E-state index is 9.76. The van der Waals surface area contributed by atoms with Gasteiger partial charge in [0.1, 0.15) is 11.8 Å². The van der Waals surface area contributed by atoms with Crippen molar-refractivity contribution in [1.82, 2.24) is 0 Å². The zero-order chi connectivity index (χ0) is 13.0. The summed E-state index contributed by atoms with van der Waals surface area (Å²) in [5, 5.41) is 18.0. The molecular formula is C13H15N3O2. The van der Waals surface area contributed by atoms with E-state index < -0.39 is 5.72 Å². The molecule has 0 fully saturated rings. The summed E-state index contributed by atoms with van der Waals surface area (Å²) in [6, 6.07) is 9.12. The summed E-state index contributed by atoms with van der Waals surface area (Å²) in [6.45, 7) is 0. The van der Waals surface area contributed by atoms with Gasteiger partial charge in [-0.3, -0.25) is 5.73 Å². The molecule has 0 spiro atoms. The van der Waals surface area contributed by atoms with E-state index in [2.05, 4.69) is 10.2 Å². The molecule has 1 aliphatic carbocycles. The number of benzene rings is 1. The molecule has 0 aromatic heterocycles. The third-order valence-electron chi connectivity index (χ3n) is 2.55. The molecule has 5 nitrogen and oxygen atoms in total. The van der Waals surface area contributed by atoms with Crippen LogP contribution in [0.25, 0.3) is 0 Å². The van der Waals surface area contributed by atoms with Gasteiger partial charge in [-0.1, -0.05) is 24.3 Å². The van der Waals surface area contributed by atoms with Crippen molar-refractivity contribution in [2.45, 2.75) is 11.8 Å². The lowest BCUT2D eigenvalue weighted by molar-refractivity contribution is 0.0663. The van der Waals surface area contributed by atoms with Crippen LogP contribution in [0.5, 0.6) is 0 Å². The number of nitrogens with two attached hydrogens (primary N) is 1. The highest BCUT2D eigenvalue weighted by Gasteiger charge is 2.28. The first-order valence-electron chi connectivity index (χ1n) is 5.54. The predicted molar refractivity (Wildman–Crippen MR) is 68.1 cm³/mol. The molecule has 0 saturated heterocycles. The first kappa shape index (κ1) is 12.5. The molecule has 18 heavy (non-hydrogen) atoms. The molecule has 2 atom stereocenters. The smallest absolute Gasteiger partial charge is 0.191 e. The number of hydrogen-bond donors (Lipinski definition) is 2. The Labute approximate surface area is 105 Å². The molecule has 0 saturated carbocycles. The third kappa shape index (κ3) is 2.82. The van der Waals surface area contributed by atoms with E-state index in [1.165, 1.54) is 13.2 Å². The van der Waals surface area contributed by atoms with Crippen LogP contribution >= 0.6 is 0 Å². The Morgan fingerprint density at radius 2 is 2.06 bits per heavy atom. The lowest BCUT2D eigenvalue weighted by atomic mass is 10.0. The van der Waals surface area contributed by atoms with E-state index in [9.17, 15) is 5.11 Å². The van der Waals surface area contributed by atoms with E-state index in [1.54, 1.807) is 12.2 Å². The summed E-state index contributed by atoms with van der Waals surface area (Å²) in [5.41, 5.74) is 4.81. The molecule has 0 amide bonds. The van der Waals surface area contributed by atoms with Gasteiger partial charge < -0.3 is 9.84 Å². The Kier molecular flexibility index (Phi) is 3.55. The number of aliphatic hydroxyl groups is 1. The Balaban J connectivity index is 2.13. The molecule has 1 aliphatic rings. The fourth-order valence-corrected chi connectivity index (χ4v) is 1.60. The molecule has 0 radical (unpaired) electrons. The minimum absolute atomic E-state index is 0.266. The third-order valence-corrected chi connectivity index (χ3v) is 2.55. The molecule has 2 unspecified atom stereocenters. The fourth-order valence-electron chi connectivity index (χ4n) is 1.60. The SMILES string of the molecule is COC1=CC(N=Nc2ccccc2)C=CC1(N)O. The van der Waals surface area contributed by atoms with Crippen LogP contribution in [0.15, 0.2) is 64.5 Å². The molecule has 1 aromatic rings. The Morgan fingerprint density at radius 1 is 1.33 bits per heavy atom. The van der Waals surface area contributed by atoms with Crippen molar-refractivity contribution < 1.29 is 9.84 Å². The molecule has 0 heterocycles. The van der Waals surface area contributed by atoms with Gasteiger partial charge in [0, 0.05) is 0 Å². The number of nitrogens with zero attached hydrogens (tertiary/aromatic N) is 2. The number of methoxy groups -OCH3 is 1. The van der Waals surface area contributed by atoms with Gasteiger partial charge in [0.25, 0.3) is 0 Å². The Morgan fingerprint density at radius 3 is 2.72 bits per heavy atom. The second-order valence-electron chi connectivity index (χ2n) is 3.96. The first-order chi connectivity index (χ1) is 8.62. The first-order valence-corrected chi connectivity index (χ1v) is 5.54. The van der Waals surface area contributed by atoms with E-state index in [0.717, 1.165) is 5.69 Å². The van der Waals surface area contributed by atoms with Crippen molar-refractivity contribution in [2.24, 2.45) is 16.0 Å². The average Bonchev–Trinajstić information content (AvgIpc) is 2.38. The van der Waals surface area contributed by atoms with Crippen LogP contribution in [-0.4, -0.2) is 24.0 Å². The Hall–Kier alpha value is -1.98. The summed E-state index contributed by atoms with van der Waals surface area (Å²) in [7, 11) is 1.45. The van der Waals surface area contributed by atoms with Gasteiger partial charge >= 0.3 is 0 Å². The van der Waals surface area contributed by atoms with Crippen LogP contribution in [-0.2, 0) is 4.74 Å². The van der Waals surface area contributed by atoms with Crippen molar-refractivity contribution >= 4 is 5.69 Å². The fraction of sp³-hybridized carbons (Fsp3) is 0.231. The second-order valence-corrected chi connectivity index (χ2v) is 3.96. The molecule has 0 aliphatic heterocycles. The summed E-state index contributed by atoms with van der Waals surface area (Å²) in [6.07, 6.45) is 4.75. The highest BCUT2D eigenvalue weighted by molar-refractivity contribution is 5.35. The highest BCUT2D eigenvalue weighted by Crippen LogP contribution is 2.22. The van der Waals surface area contributed by atoms with Crippen molar-refractivity contribution in [3.05, 3.63) is 54.3 Å². The van der Waals surface area contributed by atoms with Gasteiger partial charge in [-0.2, -0.15) is 10.2 Å². The van der Waals surface area contributed by atoms with Gasteiger partial charge in [-0.05, 0) is 24.3 Å². The predicted octanol–water partition coefficient (Wildman–Crippen LogP) is 1.89. The molecule has 2 rings (SSSR count). The van der Waals surface area contributed by atoms with Crippen molar-refractivity contribution in [1.29, 1.82) is 0 Å². The topological polar surface area (TPSA) is 80.2 Å². The molecule has 94 valence electrons. The average molecular weight is 245 g/mol. The van der Waals surface area contributed by atoms with E-state index in [0.29, 0.717) is 0 Å². The number of ether oxygens (including phenoxy) is 1. The van der Waals surface area contributed by atoms with Crippen LogP contribution in [0, 0.1) is 0 Å². The van der Waals surface area contributed by atoms with Crippen LogP contribution in [0.4, 0.5) is 5.69 Å². The molecule has 1 aromatic carbocycles. The summed E-state index contributed by atoms with van der Waals surface area (Å²) in [4.78, 5) is 0. The molecule has 3 N–H and O–H groups in total. The van der Waals surface area contributed by atoms with E-state index >= 15 is 0 Å². The lowest BCUT2D eigenvalue weighted by Gasteiger charge is -2.25. The zero-order valence-electron chi connectivity index (χ0n) is 10.0. The van der Waals surface area contributed by atoms with E-state index in [1.807, 2.05) is 30.3 Å². The van der Waals surface area contributed by atoms with Crippen LogP contribution < -0.4 is 5.73 Å². The van der Waals surface area contributed by atoms with Gasteiger partial charge in [0.2, 0.25) is 0 Å². The quantitative estimate of drug-likeness (QED) is 0.484. The van der Waals surface area contributed by atoms with Crippen molar-refractivity contribution in [3.8, 4) is 0 Å². The summed E-state index contributed by atoms with van der Waals surface area (Å²) < 4.78 is 5.02. The lowest BCUT2D eigenvalue weighted by Crippen LogP contribution is -2.42. The number of azo groups is 1.